The standard InChI is InChI=1S/C21H44O4S.K/c1-3-4-5-6-7-8-9-10-11-12-13-14-18-21(26(23,24)25)19-16-15-17-20(2)22;/h20-22H,3-19H2,1-2H3,(H,23,24,25);/q;+1/p-1. The Bertz CT molecular complexity index is 399. The molecular weight excluding hydrogens is 387 g/mol. The van der Waals surface area contributed by atoms with Gasteiger partial charge in [0.1, 0.15) is 0 Å². The molecule has 0 amide bonds. The van der Waals surface area contributed by atoms with E-state index >= 15 is 0 Å². The summed E-state index contributed by atoms with van der Waals surface area (Å²) < 4.78 is 34.2. The van der Waals surface area contributed by atoms with Gasteiger partial charge in [-0.1, -0.05) is 96.8 Å². The van der Waals surface area contributed by atoms with Gasteiger partial charge < -0.3 is 9.66 Å². The molecule has 0 aromatic rings. The molecular formula is C21H43KO4S. The Hall–Kier alpha value is 1.51. The minimum absolute atomic E-state index is 0. The molecule has 0 fully saturated rings. The maximum Gasteiger partial charge on any atom is 1.00 e. The third-order valence-corrected chi connectivity index (χ3v) is 6.47. The Morgan fingerprint density at radius 2 is 1.04 bits per heavy atom. The van der Waals surface area contributed by atoms with Gasteiger partial charge in [0.25, 0.3) is 0 Å². The fourth-order valence-corrected chi connectivity index (χ4v) is 4.37. The molecule has 0 spiro atoms. The van der Waals surface area contributed by atoms with Crippen LogP contribution in [-0.2, 0) is 10.1 Å². The van der Waals surface area contributed by atoms with Gasteiger partial charge in [0.15, 0.2) is 0 Å². The maximum absolute atomic E-state index is 11.4. The van der Waals surface area contributed by atoms with Crippen molar-refractivity contribution >= 4 is 10.1 Å². The van der Waals surface area contributed by atoms with Crippen molar-refractivity contribution in [1.29, 1.82) is 0 Å². The van der Waals surface area contributed by atoms with Crippen LogP contribution in [-0.4, -0.2) is 29.4 Å². The summed E-state index contributed by atoms with van der Waals surface area (Å²) in [6, 6.07) is 0. The van der Waals surface area contributed by atoms with Crippen molar-refractivity contribution in [2.45, 2.75) is 134 Å². The zero-order chi connectivity index (χ0) is 19.7. The largest absolute Gasteiger partial charge is 1.00 e. The summed E-state index contributed by atoms with van der Waals surface area (Å²) in [6.45, 7) is 3.97. The van der Waals surface area contributed by atoms with Gasteiger partial charge in [-0.05, 0) is 26.2 Å². The van der Waals surface area contributed by atoms with Crippen molar-refractivity contribution in [2.24, 2.45) is 0 Å². The minimum atomic E-state index is -4.19. The Balaban J connectivity index is 0. The van der Waals surface area contributed by atoms with E-state index in [0.717, 1.165) is 25.7 Å². The molecule has 0 heterocycles. The second-order valence-corrected chi connectivity index (χ2v) is 9.58. The van der Waals surface area contributed by atoms with Crippen LogP contribution < -0.4 is 51.4 Å². The molecule has 0 aliphatic heterocycles. The number of hydrogen-bond donors (Lipinski definition) is 1. The average molecular weight is 431 g/mol. The van der Waals surface area contributed by atoms with E-state index in [1.165, 1.54) is 57.8 Å². The van der Waals surface area contributed by atoms with Crippen molar-refractivity contribution in [3.05, 3.63) is 0 Å². The van der Waals surface area contributed by atoms with Gasteiger partial charge in [-0.15, -0.1) is 0 Å². The molecule has 0 bridgehead atoms. The minimum Gasteiger partial charge on any atom is -0.748 e. The number of hydrogen-bond acceptors (Lipinski definition) is 4. The molecule has 158 valence electrons. The molecule has 0 aromatic heterocycles. The first kappa shape index (κ1) is 30.7. The van der Waals surface area contributed by atoms with Gasteiger partial charge in [0.2, 0.25) is 0 Å². The number of aliphatic hydroxyl groups is 1. The van der Waals surface area contributed by atoms with Crippen molar-refractivity contribution in [3.8, 4) is 0 Å². The van der Waals surface area contributed by atoms with Gasteiger partial charge >= 0.3 is 51.4 Å². The molecule has 0 aromatic carbocycles. The molecule has 2 unspecified atom stereocenters. The quantitative estimate of drug-likeness (QED) is 0.194. The topological polar surface area (TPSA) is 77.4 Å². The first-order valence-corrected chi connectivity index (χ1v) is 12.5. The van der Waals surface area contributed by atoms with Crippen LogP contribution >= 0.6 is 0 Å². The molecule has 0 rings (SSSR count). The van der Waals surface area contributed by atoms with E-state index in [4.69, 9.17) is 0 Å². The third-order valence-electron chi connectivity index (χ3n) is 5.19. The SMILES string of the molecule is CCCCCCCCCCCCCCC(CCCCC(C)O)S(=O)(=O)[O-].[K+]. The Morgan fingerprint density at radius 3 is 1.41 bits per heavy atom. The zero-order valence-corrected chi connectivity index (χ0v) is 22.2. The van der Waals surface area contributed by atoms with Crippen molar-refractivity contribution in [1.82, 2.24) is 0 Å². The first-order valence-electron chi connectivity index (χ1n) is 11.0. The van der Waals surface area contributed by atoms with Gasteiger partial charge in [-0.3, -0.25) is 0 Å². The van der Waals surface area contributed by atoms with Crippen LogP contribution in [0.25, 0.3) is 0 Å². The van der Waals surface area contributed by atoms with Crippen molar-refractivity contribution in [3.63, 3.8) is 0 Å². The molecule has 4 nitrogen and oxygen atoms in total. The van der Waals surface area contributed by atoms with E-state index in [-0.39, 0.29) is 57.5 Å². The second kappa shape index (κ2) is 20.8. The number of rotatable bonds is 19. The smallest absolute Gasteiger partial charge is 0.748 e. The average Bonchev–Trinajstić information content (AvgIpc) is 2.56. The summed E-state index contributed by atoms with van der Waals surface area (Å²) >= 11 is 0. The van der Waals surface area contributed by atoms with Gasteiger partial charge in [0.05, 0.1) is 16.2 Å². The van der Waals surface area contributed by atoms with E-state index in [1.807, 2.05) is 0 Å². The predicted octanol–water partition coefficient (Wildman–Crippen LogP) is 2.94. The summed E-state index contributed by atoms with van der Waals surface area (Å²) in [6.07, 6.45) is 17.7. The van der Waals surface area contributed by atoms with Crippen LogP contribution in [0.5, 0.6) is 0 Å². The van der Waals surface area contributed by atoms with Crippen LogP contribution in [0.3, 0.4) is 0 Å². The first-order chi connectivity index (χ1) is 12.4. The summed E-state index contributed by atoms with van der Waals surface area (Å²) in [7, 11) is -4.19. The van der Waals surface area contributed by atoms with Crippen LogP contribution in [0.1, 0.15) is 123 Å². The molecule has 2 atom stereocenters. The molecule has 27 heavy (non-hydrogen) atoms. The van der Waals surface area contributed by atoms with Crippen LogP contribution in [0.2, 0.25) is 0 Å². The summed E-state index contributed by atoms with van der Waals surface area (Å²) in [4.78, 5) is 0. The number of unbranched alkanes of at least 4 members (excludes halogenated alkanes) is 12. The van der Waals surface area contributed by atoms with Gasteiger partial charge in [0, 0.05) is 5.25 Å². The molecule has 0 saturated carbocycles. The van der Waals surface area contributed by atoms with Crippen LogP contribution in [0.4, 0.5) is 0 Å². The van der Waals surface area contributed by atoms with E-state index in [2.05, 4.69) is 6.92 Å². The maximum atomic E-state index is 11.4. The summed E-state index contributed by atoms with van der Waals surface area (Å²) in [5.41, 5.74) is 0. The van der Waals surface area contributed by atoms with E-state index in [1.54, 1.807) is 6.92 Å². The third kappa shape index (κ3) is 22.0. The van der Waals surface area contributed by atoms with Gasteiger partial charge in [-0.2, -0.15) is 0 Å². The molecule has 0 saturated heterocycles. The number of aliphatic hydroxyl groups excluding tert-OH is 1. The Morgan fingerprint density at radius 1 is 0.704 bits per heavy atom. The summed E-state index contributed by atoms with van der Waals surface area (Å²) in [5.74, 6) is 0. The van der Waals surface area contributed by atoms with Crippen molar-refractivity contribution in [2.75, 3.05) is 0 Å². The normalized spacial score (nSPS) is 13.9. The Labute approximate surface area is 211 Å². The van der Waals surface area contributed by atoms with E-state index < -0.39 is 15.4 Å². The predicted molar refractivity (Wildman–Crippen MR) is 109 cm³/mol. The second-order valence-electron chi connectivity index (χ2n) is 7.93. The Kier molecular flexibility index (Phi) is 23.6. The fourth-order valence-electron chi connectivity index (χ4n) is 3.46. The molecule has 0 aliphatic rings. The zero-order valence-electron chi connectivity index (χ0n) is 18.3. The van der Waals surface area contributed by atoms with E-state index in [0.29, 0.717) is 25.7 Å². The monoisotopic (exact) mass is 430 g/mol. The van der Waals surface area contributed by atoms with E-state index in [9.17, 15) is 18.1 Å². The van der Waals surface area contributed by atoms with Gasteiger partial charge in [-0.25, -0.2) is 8.42 Å². The summed E-state index contributed by atoms with van der Waals surface area (Å²) in [5, 5.41) is 8.49. The van der Waals surface area contributed by atoms with Crippen LogP contribution in [0.15, 0.2) is 0 Å². The molecule has 0 radical (unpaired) electrons. The molecule has 0 aliphatic carbocycles. The van der Waals surface area contributed by atoms with Crippen LogP contribution in [0, 0.1) is 0 Å². The molecule has 6 heteroatoms. The van der Waals surface area contributed by atoms with Crippen molar-refractivity contribution < 1.29 is 69.5 Å². The fraction of sp³-hybridized carbons (Fsp3) is 1.00. The molecule has 1 N–H and O–H groups in total.